The average Bonchev–Trinajstić information content (AvgIpc) is 2.55. The molecule has 0 aliphatic carbocycles. The topological polar surface area (TPSA) is 87.7 Å². The minimum atomic E-state index is -0.614. The number of aliphatic hydroxyl groups excluding tert-OH is 1. The van der Waals surface area contributed by atoms with Crippen molar-refractivity contribution in [3.05, 3.63) is 59.7 Å². The molecule has 0 fully saturated rings. The summed E-state index contributed by atoms with van der Waals surface area (Å²) in [4.78, 5) is 24.3. The van der Waals surface area contributed by atoms with E-state index in [-0.39, 0.29) is 12.5 Å². The predicted octanol–water partition coefficient (Wildman–Crippen LogP) is 3.78. The lowest BCUT2D eigenvalue weighted by atomic mass is 10.1. The first kappa shape index (κ1) is 18.5. The highest BCUT2D eigenvalue weighted by Gasteiger charge is 2.17. The molecule has 0 spiro atoms. The van der Waals surface area contributed by atoms with Gasteiger partial charge in [0.25, 0.3) is 5.91 Å². The first-order valence-corrected chi connectivity index (χ1v) is 7.88. The van der Waals surface area contributed by atoms with E-state index in [1.54, 1.807) is 69.3 Å². The summed E-state index contributed by atoms with van der Waals surface area (Å²) in [7, 11) is 0. The Morgan fingerprint density at radius 2 is 1.52 bits per heavy atom. The van der Waals surface area contributed by atoms with Gasteiger partial charge < -0.3 is 15.2 Å². The number of hydrogen-bond donors (Lipinski definition) is 3. The van der Waals surface area contributed by atoms with Gasteiger partial charge in [-0.15, -0.1) is 0 Å². The second kappa shape index (κ2) is 7.81. The number of carbonyl (C=O) groups is 2. The molecule has 0 radical (unpaired) electrons. The van der Waals surface area contributed by atoms with Gasteiger partial charge in [-0.25, -0.2) is 4.79 Å². The zero-order valence-electron chi connectivity index (χ0n) is 14.5. The molecule has 6 nitrogen and oxygen atoms in total. The molecule has 2 aromatic rings. The first-order valence-electron chi connectivity index (χ1n) is 7.88. The molecular weight excluding hydrogens is 320 g/mol. The van der Waals surface area contributed by atoms with Gasteiger partial charge in [-0.2, -0.15) is 0 Å². The molecule has 0 heterocycles. The zero-order chi connectivity index (χ0) is 18.4. The Bertz CT molecular complexity index is 749. The maximum Gasteiger partial charge on any atom is 0.412 e. The summed E-state index contributed by atoms with van der Waals surface area (Å²) in [5.41, 5.74) is 1.46. The third-order valence-corrected chi connectivity index (χ3v) is 3.21. The number of hydrogen-bond acceptors (Lipinski definition) is 4. The van der Waals surface area contributed by atoms with Crippen LogP contribution in [-0.4, -0.2) is 22.7 Å². The van der Waals surface area contributed by atoms with Gasteiger partial charge in [0.1, 0.15) is 5.60 Å². The lowest BCUT2D eigenvalue weighted by Gasteiger charge is -2.20. The normalized spacial score (nSPS) is 10.9. The van der Waals surface area contributed by atoms with Gasteiger partial charge in [0.2, 0.25) is 0 Å². The van der Waals surface area contributed by atoms with E-state index in [1.807, 2.05) is 0 Å². The van der Waals surface area contributed by atoms with Crippen molar-refractivity contribution in [3.63, 3.8) is 0 Å². The van der Waals surface area contributed by atoms with Crippen molar-refractivity contribution in [1.29, 1.82) is 0 Å². The highest BCUT2D eigenvalue weighted by Crippen LogP contribution is 2.23. The van der Waals surface area contributed by atoms with E-state index >= 15 is 0 Å². The van der Waals surface area contributed by atoms with Crippen molar-refractivity contribution < 1.29 is 19.4 Å². The molecule has 3 N–H and O–H groups in total. The Morgan fingerprint density at radius 3 is 2.04 bits per heavy atom. The van der Waals surface area contributed by atoms with Gasteiger partial charge in [0.05, 0.1) is 18.0 Å². The third kappa shape index (κ3) is 5.61. The maximum atomic E-state index is 12.4. The van der Waals surface area contributed by atoms with Gasteiger partial charge in [-0.3, -0.25) is 10.1 Å². The van der Waals surface area contributed by atoms with Crippen LogP contribution in [0, 0.1) is 0 Å². The molecule has 25 heavy (non-hydrogen) atoms. The van der Waals surface area contributed by atoms with E-state index < -0.39 is 11.7 Å². The highest BCUT2D eigenvalue weighted by molar-refractivity contribution is 6.06. The smallest absolute Gasteiger partial charge is 0.412 e. The van der Waals surface area contributed by atoms with Crippen LogP contribution in [0.1, 0.15) is 36.7 Å². The molecule has 0 bridgehead atoms. The number of nitrogens with one attached hydrogen (secondary N) is 2. The number of aliphatic hydroxyl groups is 1. The molecule has 0 aliphatic heterocycles. The summed E-state index contributed by atoms with van der Waals surface area (Å²) in [5, 5.41) is 14.4. The minimum absolute atomic E-state index is 0.0788. The molecule has 0 saturated heterocycles. The van der Waals surface area contributed by atoms with Crippen LogP contribution in [-0.2, 0) is 11.3 Å². The van der Waals surface area contributed by atoms with Crippen LogP contribution in [0.25, 0.3) is 0 Å². The van der Waals surface area contributed by atoms with E-state index in [0.717, 1.165) is 5.56 Å². The largest absolute Gasteiger partial charge is 0.444 e. The van der Waals surface area contributed by atoms with Gasteiger partial charge in [0.15, 0.2) is 0 Å². The summed E-state index contributed by atoms with van der Waals surface area (Å²) in [6.07, 6.45) is -0.596. The quantitative estimate of drug-likeness (QED) is 0.789. The number of rotatable bonds is 4. The molecule has 0 aliphatic rings. The van der Waals surface area contributed by atoms with Gasteiger partial charge in [-0.05, 0) is 50.6 Å². The van der Waals surface area contributed by atoms with E-state index in [4.69, 9.17) is 9.84 Å². The average molecular weight is 342 g/mol. The highest BCUT2D eigenvalue weighted by atomic mass is 16.6. The Labute approximate surface area is 146 Å². The lowest BCUT2D eigenvalue weighted by Crippen LogP contribution is -2.27. The van der Waals surface area contributed by atoms with Crippen LogP contribution in [0.5, 0.6) is 0 Å². The molecule has 2 amide bonds. The van der Waals surface area contributed by atoms with Crippen molar-refractivity contribution in [2.45, 2.75) is 33.0 Å². The van der Waals surface area contributed by atoms with Crippen LogP contribution in [0.4, 0.5) is 16.2 Å². The fourth-order valence-electron chi connectivity index (χ4n) is 2.07. The molecule has 2 aromatic carbocycles. The number of benzene rings is 2. The zero-order valence-corrected chi connectivity index (χ0v) is 14.5. The fraction of sp³-hybridized carbons (Fsp3) is 0.263. The standard InChI is InChI=1S/C19H22N2O4/c1-19(2,3)25-18(24)21-16-7-5-4-6-15(16)20-17(23)14-10-8-13(12-22)9-11-14/h4-11,22H,12H2,1-3H3,(H,20,23)(H,21,24). The molecule has 132 valence electrons. The summed E-state index contributed by atoms with van der Waals surface area (Å²) >= 11 is 0. The third-order valence-electron chi connectivity index (χ3n) is 3.21. The number of ether oxygens (including phenoxy) is 1. The van der Waals surface area contributed by atoms with Crippen molar-refractivity contribution >= 4 is 23.4 Å². The lowest BCUT2D eigenvalue weighted by molar-refractivity contribution is 0.0635. The molecule has 0 unspecified atom stereocenters. The Morgan fingerprint density at radius 1 is 0.960 bits per heavy atom. The number of para-hydroxylation sites is 2. The fourth-order valence-corrected chi connectivity index (χ4v) is 2.07. The van der Waals surface area contributed by atoms with Crippen LogP contribution in [0.2, 0.25) is 0 Å². The van der Waals surface area contributed by atoms with Crippen LogP contribution in [0.15, 0.2) is 48.5 Å². The molecule has 0 saturated carbocycles. The molecule has 0 aromatic heterocycles. The summed E-state index contributed by atoms with van der Waals surface area (Å²) < 4.78 is 5.23. The van der Waals surface area contributed by atoms with Crippen molar-refractivity contribution in [1.82, 2.24) is 0 Å². The first-order chi connectivity index (χ1) is 11.8. The van der Waals surface area contributed by atoms with Crippen molar-refractivity contribution in [2.75, 3.05) is 10.6 Å². The predicted molar refractivity (Wildman–Crippen MR) is 96.6 cm³/mol. The summed E-state index contributed by atoms with van der Waals surface area (Å²) in [5.74, 6) is -0.317. The summed E-state index contributed by atoms with van der Waals surface area (Å²) in [6, 6.07) is 13.5. The Kier molecular flexibility index (Phi) is 5.77. The maximum absolute atomic E-state index is 12.4. The van der Waals surface area contributed by atoms with E-state index in [9.17, 15) is 9.59 Å². The SMILES string of the molecule is CC(C)(C)OC(=O)Nc1ccccc1NC(=O)c1ccc(CO)cc1. The molecule has 6 heteroatoms. The molecular formula is C19H22N2O4. The monoisotopic (exact) mass is 342 g/mol. The van der Waals surface area contributed by atoms with Crippen LogP contribution in [0.3, 0.4) is 0 Å². The van der Waals surface area contributed by atoms with E-state index in [0.29, 0.717) is 16.9 Å². The van der Waals surface area contributed by atoms with Gasteiger partial charge in [-0.1, -0.05) is 24.3 Å². The number of carbonyl (C=O) groups excluding carboxylic acids is 2. The van der Waals surface area contributed by atoms with Crippen LogP contribution < -0.4 is 10.6 Å². The van der Waals surface area contributed by atoms with Gasteiger partial charge >= 0.3 is 6.09 Å². The second-order valence-corrected chi connectivity index (χ2v) is 6.48. The Hall–Kier alpha value is -2.86. The number of anilines is 2. The molecule has 0 atom stereocenters. The van der Waals surface area contributed by atoms with Gasteiger partial charge in [0, 0.05) is 5.56 Å². The van der Waals surface area contributed by atoms with E-state index in [1.165, 1.54) is 0 Å². The summed E-state index contributed by atoms with van der Waals surface area (Å²) in [6.45, 7) is 5.24. The van der Waals surface area contributed by atoms with Crippen LogP contribution >= 0.6 is 0 Å². The minimum Gasteiger partial charge on any atom is -0.444 e. The molecule has 2 rings (SSSR count). The second-order valence-electron chi connectivity index (χ2n) is 6.48. The van der Waals surface area contributed by atoms with Crippen molar-refractivity contribution in [3.8, 4) is 0 Å². The Balaban J connectivity index is 2.11. The number of amides is 2. The van der Waals surface area contributed by atoms with E-state index in [2.05, 4.69) is 10.6 Å². The van der Waals surface area contributed by atoms with Crippen molar-refractivity contribution in [2.24, 2.45) is 0 Å².